The van der Waals surface area contributed by atoms with Crippen molar-refractivity contribution in [1.29, 1.82) is 0 Å². The van der Waals surface area contributed by atoms with Crippen molar-refractivity contribution in [2.24, 2.45) is 11.1 Å². The second kappa shape index (κ2) is 6.53. The standard InChI is InChI=1S/C14H31N3O/c1-8-11(2)17(7)10-9-16-12(18)13(3,4)14(5,6)15/h11H,8-10,15H2,1-7H3,(H,16,18). The summed E-state index contributed by atoms with van der Waals surface area (Å²) in [7, 11) is 2.08. The van der Waals surface area contributed by atoms with Crippen LogP contribution in [0.25, 0.3) is 0 Å². The number of carbonyl (C=O) groups is 1. The molecular weight excluding hydrogens is 226 g/mol. The quantitative estimate of drug-likeness (QED) is 0.728. The first-order valence-electron chi connectivity index (χ1n) is 6.81. The van der Waals surface area contributed by atoms with E-state index < -0.39 is 11.0 Å². The number of hydrogen-bond donors (Lipinski definition) is 2. The van der Waals surface area contributed by atoms with Gasteiger partial charge in [0.05, 0.1) is 5.41 Å². The third-order valence-electron chi connectivity index (χ3n) is 4.27. The highest BCUT2D eigenvalue weighted by atomic mass is 16.2. The number of rotatable bonds is 7. The van der Waals surface area contributed by atoms with Crippen molar-refractivity contribution in [2.75, 3.05) is 20.1 Å². The molecule has 0 bridgehead atoms. The molecule has 18 heavy (non-hydrogen) atoms. The highest BCUT2D eigenvalue weighted by Gasteiger charge is 2.40. The van der Waals surface area contributed by atoms with Gasteiger partial charge in [0.25, 0.3) is 0 Å². The van der Waals surface area contributed by atoms with Crippen molar-refractivity contribution in [1.82, 2.24) is 10.2 Å². The molecule has 0 heterocycles. The van der Waals surface area contributed by atoms with Crippen LogP contribution < -0.4 is 11.1 Å². The summed E-state index contributed by atoms with van der Waals surface area (Å²) < 4.78 is 0. The van der Waals surface area contributed by atoms with Gasteiger partial charge in [0.2, 0.25) is 5.91 Å². The number of nitrogens with zero attached hydrogens (tertiary/aromatic N) is 1. The van der Waals surface area contributed by atoms with Crippen LogP contribution in [0.1, 0.15) is 48.0 Å². The van der Waals surface area contributed by atoms with Crippen LogP contribution >= 0.6 is 0 Å². The molecule has 0 fully saturated rings. The Bertz CT molecular complexity index is 269. The zero-order chi connectivity index (χ0) is 14.6. The van der Waals surface area contributed by atoms with E-state index in [1.165, 1.54) is 0 Å². The molecule has 1 unspecified atom stereocenters. The second-order valence-electron chi connectivity index (χ2n) is 6.34. The first-order valence-corrected chi connectivity index (χ1v) is 6.81. The molecule has 0 aliphatic heterocycles. The van der Waals surface area contributed by atoms with Crippen molar-refractivity contribution in [3.05, 3.63) is 0 Å². The Labute approximate surface area is 112 Å². The second-order valence-corrected chi connectivity index (χ2v) is 6.34. The summed E-state index contributed by atoms with van der Waals surface area (Å²) in [6.07, 6.45) is 1.12. The normalized spacial score (nSPS) is 14.7. The molecule has 0 aliphatic carbocycles. The fraction of sp³-hybridized carbons (Fsp3) is 0.929. The molecule has 4 nitrogen and oxygen atoms in total. The van der Waals surface area contributed by atoms with Crippen LogP contribution in [-0.2, 0) is 4.79 Å². The fourth-order valence-corrected chi connectivity index (χ4v) is 1.39. The molecule has 4 heteroatoms. The van der Waals surface area contributed by atoms with E-state index in [1.807, 2.05) is 27.7 Å². The Hall–Kier alpha value is -0.610. The predicted octanol–water partition coefficient (Wildman–Crippen LogP) is 1.60. The lowest BCUT2D eigenvalue weighted by atomic mass is 9.74. The molecule has 0 radical (unpaired) electrons. The van der Waals surface area contributed by atoms with Crippen LogP contribution in [0.3, 0.4) is 0 Å². The maximum atomic E-state index is 12.1. The summed E-state index contributed by atoms with van der Waals surface area (Å²) in [5.41, 5.74) is 4.95. The predicted molar refractivity (Wildman–Crippen MR) is 77.4 cm³/mol. The van der Waals surface area contributed by atoms with Gasteiger partial charge in [0.1, 0.15) is 0 Å². The molecule has 0 rings (SSSR count). The average molecular weight is 257 g/mol. The molecule has 0 aromatic heterocycles. The number of carbonyl (C=O) groups excluding carboxylic acids is 1. The van der Waals surface area contributed by atoms with Crippen LogP contribution in [-0.4, -0.2) is 42.5 Å². The third kappa shape index (κ3) is 4.58. The van der Waals surface area contributed by atoms with Gasteiger partial charge >= 0.3 is 0 Å². The van der Waals surface area contributed by atoms with E-state index >= 15 is 0 Å². The zero-order valence-electron chi connectivity index (χ0n) is 13.1. The van der Waals surface area contributed by atoms with E-state index in [0.29, 0.717) is 12.6 Å². The monoisotopic (exact) mass is 257 g/mol. The van der Waals surface area contributed by atoms with E-state index in [-0.39, 0.29) is 5.91 Å². The highest BCUT2D eigenvalue weighted by molar-refractivity contribution is 5.83. The van der Waals surface area contributed by atoms with E-state index in [0.717, 1.165) is 13.0 Å². The first kappa shape index (κ1) is 17.4. The molecule has 1 amide bonds. The van der Waals surface area contributed by atoms with Crippen LogP contribution in [0.2, 0.25) is 0 Å². The molecule has 0 saturated carbocycles. The van der Waals surface area contributed by atoms with Crippen molar-refractivity contribution >= 4 is 5.91 Å². The van der Waals surface area contributed by atoms with Gasteiger partial charge in [-0.15, -0.1) is 0 Å². The fourth-order valence-electron chi connectivity index (χ4n) is 1.39. The highest BCUT2D eigenvalue weighted by Crippen LogP contribution is 2.28. The van der Waals surface area contributed by atoms with Gasteiger partial charge in [-0.2, -0.15) is 0 Å². The molecule has 0 aromatic rings. The van der Waals surface area contributed by atoms with E-state index in [1.54, 1.807) is 0 Å². The summed E-state index contributed by atoms with van der Waals surface area (Å²) in [5.74, 6) is 0.0209. The van der Waals surface area contributed by atoms with Gasteiger partial charge in [-0.3, -0.25) is 4.79 Å². The minimum atomic E-state index is -0.568. The largest absolute Gasteiger partial charge is 0.354 e. The maximum absolute atomic E-state index is 12.1. The molecule has 108 valence electrons. The van der Waals surface area contributed by atoms with Crippen LogP contribution in [0.5, 0.6) is 0 Å². The van der Waals surface area contributed by atoms with Gasteiger partial charge < -0.3 is 16.0 Å². The SMILES string of the molecule is CCC(C)N(C)CCNC(=O)C(C)(C)C(C)(C)N. The van der Waals surface area contributed by atoms with Gasteiger partial charge in [0, 0.05) is 24.7 Å². The Morgan fingerprint density at radius 3 is 2.22 bits per heavy atom. The number of nitrogens with one attached hydrogen (secondary N) is 1. The average Bonchev–Trinajstić information content (AvgIpc) is 2.25. The van der Waals surface area contributed by atoms with Crippen molar-refractivity contribution in [2.45, 2.75) is 59.5 Å². The van der Waals surface area contributed by atoms with Gasteiger partial charge in [-0.25, -0.2) is 0 Å². The Kier molecular flexibility index (Phi) is 6.30. The van der Waals surface area contributed by atoms with Crippen LogP contribution in [0.15, 0.2) is 0 Å². The summed E-state index contributed by atoms with van der Waals surface area (Å²) >= 11 is 0. The minimum Gasteiger partial charge on any atom is -0.354 e. The Morgan fingerprint density at radius 1 is 1.33 bits per heavy atom. The van der Waals surface area contributed by atoms with Gasteiger partial charge in [-0.05, 0) is 48.1 Å². The summed E-state index contributed by atoms with van der Waals surface area (Å²) in [4.78, 5) is 14.4. The van der Waals surface area contributed by atoms with Crippen LogP contribution in [0, 0.1) is 5.41 Å². The number of amides is 1. The number of nitrogens with two attached hydrogens (primary N) is 1. The van der Waals surface area contributed by atoms with Gasteiger partial charge in [0.15, 0.2) is 0 Å². The molecule has 1 atom stereocenters. The minimum absolute atomic E-state index is 0.0209. The maximum Gasteiger partial charge on any atom is 0.227 e. The number of likely N-dealkylation sites (N-methyl/N-ethyl adjacent to an activating group) is 1. The summed E-state index contributed by atoms with van der Waals surface area (Å²) in [6.45, 7) is 13.4. The van der Waals surface area contributed by atoms with Crippen molar-refractivity contribution in [3.63, 3.8) is 0 Å². The lowest BCUT2D eigenvalue weighted by Crippen LogP contribution is -2.56. The lowest BCUT2D eigenvalue weighted by Gasteiger charge is -2.37. The van der Waals surface area contributed by atoms with Crippen molar-refractivity contribution < 1.29 is 4.79 Å². The van der Waals surface area contributed by atoms with E-state index in [9.17, 15) is 4.79 Å². The Morgan fingerprint density at radius 2 is 1.83 bits per heavy atom. The molecule has 3 N–H and O–H groups in total. The summed E-state index contributed by atoms with van der Waals surface area (Å²) in [5, 5.41) is 2.98. The molecule has 0 spiro atoms. The third-order valence-corrected chi connectivity index (χ3v) is 4.27. The van der Waals surface area contributed by atoms with Crippen molar-refractivity contribution in [3.8, 4) is 0 Å². The molecule has 0 aromatic carbocycles. The number of hydrogen-bond acceptors (Lipinski definition) is 3. The molecule has 0 saturated heterocycles. The summed E-state index contributed by atoms with van der Waals surface area (Å²) in [6, 6.07) is 0.542. The van der Waals surface area contributed by atoms with Gasteiger partial charge in [-0.1, -0.05) is 6.92 Å². The first-order chi connectivity index (χ1) is 8.04. The topological polar surface area (TPSA) is 58.4 Å². The Balaban J connectivity index is 4.21. The van der Waals surface area contributed by atoms with Crippen LogP contribution in [0.4, 0.5) is 0 Å². The molecular formula is C14H31N3O. The van der Waals surface area contributed by atoms with E-state index in [4.69, 9.17) is 5.73 Å². The molecule has 0 aliphatic rings. The lowest BCUT2D eigenvalue weighted by molar-refractivity contribution is -0.132. The smallest absolute Gasteiger partial charge is 0.227 e. The zero-order valence-corrected chi connectivity index (χ0v) is 13.1. The van der Waals surface area contributed by atoms with E-state index in [2.05, 4.69) is 31.1 Å².